The first kappa shape index (κ1) is 18.2. The van der Waals surface area contributed by atoms with E-state index in [0.717, 1.165) is 17.0 Å². The molecule has 0 fully saturated rings. The Hall–Kier alpha value is -3.61. The predicted molar refractivity (Wildman–Crippen MR) is 102 cm³/mol. The molecule has 3 amide bonds. The Morgan fingerprint density at radius 1 is 1.11 bits per heavy atom. The Bertz CT molecular complexity index is 919. The van der Waals surface area contributed by atoms with E-state index >= 15 is 0 Å². The summed E-state index contributed by atoms with van der Waals surface area (Å²) in [6, 6.07) is 15.7. The van der Waals surface area contributed by atoms with Crippen LogP contribution in [0.5, 0.6) is 0 Å². The SMILES string of the molecule is Cn1ccnc1[C@H](NC(=O)c1ccc(CNC(N)=O)cc1)c1ccccc1. The zero-order valence-corrected chi connectivity index (χ0v) is 14.9. The molecule has 0 radical (unpaired) electrons. The average molecular weight is 363 g/mol. The predicted octanol–water partition coefficient (Wildman–Crippen LogP) is 2.11. The van der Waals surface area contributed by atoms with E-state index in [1.54, 1.807) is 30.5 Å². The molecule has 0 aliphatic carbocycles. The van der Waals surface area contributed by atoms with E-state index in [9.17, 15) is 9.59 Å². The number of nitrogens with one attached hydrogen (secondary N) is 2. The van der Waals surface area contributed by atoms with Crippen molar-refractivity contribution in [3.8, 4) is 0 Å². The van der Waals surface area contributed by atoms with Crippen LogP contribution in [0.1, 0.15) is 33.4 Å². The molecule has 0 spiro atoms. The van der Waals surface area contributed by atoms with Gasteiger partial charge in [0.1, 0.15) is 11.9 Å². The normalized spacial score (nSPS) is 11.6. The number of hydrogen-bond donors (Lipinski definition) is 3. The lowest BCUT2D eigenvalue weighted by atomic mass is 10.0. The molecule has 138 valence electrons. The molecule has 27 heavy (non-hydrogen) atoms. The lowest BCUT2D eigenvalue weighted by Gasteiger charge is -2.19. The third-order valence-corrected chi connectivity index (χ3v) is 4.21. The summed E-state index contributed by atoms with van der Waals surface area (Å²) < 4.78 is 1.89. The van der Waals surface area contributed by atoms with E-state index in [2.05, 4.69) is 15.6 Å². The van der Waals surface area contributed by atoms with E-state index in [-0.39, 0.29) is 11.9 Å². The second kappa shape index (κ2) is 8.18. The largest absolute Gasteiger partial charge is 0.352 e. The molecule has 4 N–H and O–H groups in total. The van der Waals surface area contributed by atoms with E-state index in [4.69, 9.17) is 5.73 Å². The third kappa shape index (κ3) is 4.52. The van der Waals surface area contributed by atoms with Crippen LogP contribution in [0.25, 0.3) is 0 Å². The van der Waals surface area contributed by atoms with Gasteiger partial charge in [0.2, 0.25) is 0 Å². The number of aryl methyl sites for hydroxylation is 1. The molecule has 0 aliphatic rings. The smallest absolute Gasteiger partial charge is 0.312 e. The summed E-state index contributed by atoms with van der Waals surface area (Å²) in [7, 11) is 1.89. The second-order valence-electron chi connectivity index (χ2n) is 6.13. The standard InChI is InChI=1S/C20H21N5O2/c1-25-12-11-22-18(25)17(15-5-3-2-4-6-15)24-19(26)16-9-7-14(8-10-16)13-23-20(21)27/h2-12,17H,13H2,1H3,(H,24,26)(H3,21,23,27)/t17-/m1/s1. The number of urea groups is 1. The molecule has 1 aromatic heterocycles. The van der Waals surface area contributed by atoms with Crippen LogP contribution in [0.15, 0.2) is 67.0 Å². The van der Waals surface area contributed by atoms with Crippen molar-refractivity contribution in [1.82, 2.24) is 20.2 Å². The molecule has 1 heterocycles. The van der Waals surface area contributed by atoms with Gasteiger partial charge in [-0.15, -0.1) is 0 Å². The molecule has 2 aromatic carbocycles. The summed E-state index contributed by atoms with van der Waals surface area (Å²) in [4.78, 5) is 27.9. The number of carbonyl (C=O) groups is 2. The van der Waals surface area contributed by atoms with E-state index in [1.165, 1.54) is 0 Å². The highest BCUT2D eigenvalue weighted by molar-refractivity contribution is 5.94. The number of nitrogens with two attached hydrogens (primary N) is 1. The Morgan fingerprint density at radius 3 is 2.41 bits per heavy atom. The van der Waals surface area contributed by atoms with Crippen LogP contribution in [-0.4, -0.2) is 21.5 Å². The molecule has 0 saturated carbocycles. The molecule has 0 bridgehead atoms. The minimum atomic E-state index is -0.586. The van der Waals surface area contributed by atoms with Crippen molar-refractivity contribution in [2.45, 2.75) is 12.6 Å². The molecule has 0 saturated heterocycles. The van der Waals surface area contributed by atoms with Crippen molar-refractivity contribution in [2.75, 3.05) is 0 Å². The number of carbonyl (C=O) groups excluding carboxylic acids is 2. The molecule has 0 aliphatic heterocycles. The summed E-state index contributed by atoms with van der Waals surface area (Å²) in [6.07, 6.45) is 3.55. The topological polar surface area (TPSA) is 102 Å². The molecule has 0 unspecified atom stereocenters. The van der Waals surface area contributed by atoms with Crippen LogP contribution >= 0.6 is 0 Å². The molecule has 3 rings (SSSR count). The highest BCUT2D eigenvalue weighted by atomic mass is 16.2. The molecule has 3 aromatic rings. The van der Waals surface area contributed by atoms with Crippen molar-refractivity contribution in [1.29, 1.82) is 0 Å². The van der Waals surface area contributed by atoms with Gasteiger partial charge < -0.3 is 20.9 Å². The van der Waals surface area contributed by atoms with Gasteiger partial charge in [-0.05, 0) is 23.3 Å². The fraction of sp³-hybridized carbons (Fsp3) is 0.150. The first-order chi connectivity index (χ1) is 13.0. The number of benzene rings is 2. The highest BCUT2D eigenvalue weighted by Crippen LogP contribution is 2.21. The van der Waals surface area contributed by atoms with Gasteiger partial charge in [0.25, 0.3) is 5.91 Å². The first-order valence-corrected chi connectivity index (χ1v) is 8.50. The van der Waals surface area contributed by atoms with Crippen LogP contribution in [0.3, 0.4) is 0 Å². The first-order valence-electron chi connectivity index (χ1n) is 8.50. The van der Waals surface area contributed by atoms with Gasteiger partial charge >= 0.3 is 6.03 Å². The zero-order chi connectivity index (χ0) is 19.2. The van der Waals surface area contributed by atoms with Crippen molar-refractivity contribution < 1.29 is 9.59 Å². The fourth-order valence-electron chi connectivity index (χ4n) is 2.78. The summed E-state index contributed by atoms with van der Waals surface area (Å²) in [5, 5.41) is 5.57. The van der Waals surface area contributed by atoms with Crippen LogP contribution in [0.4, 0.5) is 4.79 Å². The van der Waals surface area contributed by atoms with Crippen LogP contribution in [0, 0.1) is 0 Å². The van der Waals surface area contributed by atoms with Crippen molar-refractivity contribution >= 4 is 11.9 Å². The maximum Gasteiger partial charge on any atom is 0.312 e. The van der Waals surface area contributed by atoms with Crippen LogP contribution < -0.4 is 16.4 Å². The van der Waals surface area contributed by atoms with Crippen molar-refractivity contribution in [2.24, 2.45) is 12.8 Å². The van der Waals surface area contributed by atoms with Crippen molar-refractivity contribution in [3.63, 3.8) is 0 Å². The number of aromatic nitrogens is 2. The molecule has 1 atom stereocenters. The summed E-state index contributed by atoms with van der Waals surface area (Å²) in [6.45, 7) is 0.317. The Labute approximate surface area is 157 Å². The zero-order valence-electron chi connectivity index (χ0n) is 14.9. The van der Waals surface area contributed by atoms with Gasteiger partial charge in [0.15, 0.2) is 0 Å². The maximum atomic E-state index is 12.8. The number of amides is 3. The van der Waals surface area contributed by atoms with Gasteiger partial charge in [0, 0.05) is 31.5 Å². The Kier molecular flexibility index (Phi) is 5.51. The van der Waals surface area contributed by atoms with Gasteiger partial charge in [-0.3, -0.25) is 4.79 Å². The molecule has 7 heteroatoms. The molecular weight excluding hydrogens is 342 g/mol. The molecule has 7 nitrogen and oxygen atoms in total. The van der Waals surface area contributed by atoms with E-state index < -0.39 is 6.03 Å². The summed E-state index contributed by atoms with van der Waals surface area (Å²) in [5.74, 6) is 0.540. The van der Waals surface area contributed by atoms with Gasteiger partial charge in [0.05, 0.1) is 0 Å². The number of primary amides is 1. The van der Waals surface area contributed by atoms with Gasteiger partial charge in [-0.25, -0.2) is 9.78 Å². The number of nitrogens with zero attached hydrogens (tertiary/aromatic N) is 2. The Morgan fingerprint density at radius 2 is 1.81 bits per heavy atom. The minimum absolute atomic E-state index is 0.207. The average Bonchev–Trinajstić information content (AvgIpc) is 3.11. The van der Waals surface area contributed by atoms with Gasteiger partial charge in [-0.1, -0.05) is 42.5 Å². The number of hydrogen-bond acceptors (Lipinski definition) is 3. The maximum absolute atomic E-state index is 12.8. The van der Waals surface area contributed by atoms with Gasteiger partial charge in [-0.2, -0.15) is 0 Å². The quantitative estimate of drug-likeness (QED) is 0.625. The Balaban J connectivity index is 1.79. The molecular formula is C20H21N5O2. The van der Waals surface area contributed by atoms with E-state index in [1.807, 2.05) is 48.1 Å². The minimum Gasteiger partial charge on any atom is -0.352 e. The lowest BCUT2D eigenvalue weighted by Crippen LogP contribution is -2.31. The fourth-order valence-corrected chi connectivity index (χ4v) is 2.78. The van der Waals surface area contributed by atoms with E-state index in [0.29, 0.717) is 12.1 Å². The summed E-state index contributed by atoms with van der Waals surface area (Å²) >= 11 is 0. The highest BCUT2D eigenvalue weighted by Gasteiger charge is 2.21. The lowest BCUT2D eigenvalue weighted by molar-refractivity contribution is 0.0941. The monoisotopic (exact) mass is 363 g/mol. The summed E-state index contributed by atoms with van der Waals surface area (Å²) in [5.41, 5.74) is 7.39. The second-order valence-corrected chi connectivity index (χ2v) is 6.13. The van der Waals surface area contributed by atoms with Crippen LogP contribution in [0.2, 0.25) is 0 Å². The number of rotatable bonds is 6. The number of imidazole rings is 1. The third-order valence-electron chi connectivity index (χ3n) is 4.21. The van der Waals surface area contributed by atoms with Crippen molar-refractivity contribution in [3.05, 3.63) is 89.5 Å². The van der Waals surface area contributed by atoms with Crippen LogP contribution in [-0.2, 0) is 13.6 Å².